The van der Waals surface area contributed by atoms with E-state index in [0.29, 0.717) is 28.4 Å². The summed E-state index contributed by atoms with van der Waals surface area (Å²) in [5.41, 5.74) is 2.62. The van der Waals surface area contributed by atoms with Gasteiger partial charge in [-0.1, -0.05) is 6.07 Å². The average molecular weight is 428 g/mol. The summed E-state index contributed by atoms with van der Waals surface area (Å²) in [4.78, 5) is 24.5. The van der Waals surface area contributed by atoms with Crippen molar-refractivity contribution in [3.05, 3.63) is 40.8 Å². The lowest BCUT2D eigenvalue weighted by Gasteiger charge is -2.16. The van der Waals surface area contributed by atoms with Gasteiger partial charge in [0.2, 0.25) is 0 Å². The molecule has 0 radical (unpaired) electrons. The lowest BCUT2D eigenvalue weighted by molar-refractivity contribution is -0.145. The van der Waals surface area contributed by atoms with Gasteiger partial charge in [-0.05, 0) is 36.1 Å². The van der Waals surface area contributed by atoms with Crippen molar-refractivity contribution in [2.24, 2.45) is 0 Å². The molecule has 1 aliphatic rings. The van der Waals surface area contributed by atoms with Crippen molar-refractivity contribution in [3.63, 3.8) is 0 Å². The van der Waals surface area contributed by atoms with Crippen LogP contribution in [0.25, 0.3) is 21.2 Å². The maximum atomic E-state index is 12.7. The smallest absolute Gasteiger partial charge is 0.344 e. The summed E-state index contributed by atoms with van der Waals surface area (Å²) in [7, 11) is 3.13. The van der Waals surface area contributed by atoms with Gasteiger partial charge in [0.15, 0.2) is 18.1 Å². The third-order valence-corrected chi connectivity index (χ3v) is 5.76. The van der Waals surface area contributed by atoms with E-state index in [0.717, 1.165) is 21.2 Å². The Bertz CT molecular complexity index is 1130. The predicted molar refractivity (Wildman–Crippen MR) is 112 cm³/mol. The molecule has 0 bridgehead atoms. The van der Waals surface area contributed by atoms with Gasteiger partial charge in [0.05, 0.1) is 26.4 Å². The average Bonchev–Trinajstić information content (AvgIpc) is 3.38. The van der Waals surface area contributed by atoms with Crippen LogP contribution >= 0.6 is 11.3 Å². The lowest BCUT2D eigenvalue weighted by atomic mass is 9.93. The van der Waals surface area contributed by atoms with Crippen molar-refractivity contribution < 1.29 is 33.3 Å². The summed E-state index contributed by atoms with van der Waals surface area (Å²) in [6.07, 6.45) is 0. The summed E-state index contributed by atoms with van der Waals surface area (Å²) < 4.78 is 27.7. The minimum Gasteiger partial charge on any atom is -0.493 e. The second-order valence-corrected chi connectivity index (χ2v) is 7.38. The summed E-state index contributed by atoms with van der Waals surface area (Å²) in [5, 5.41) is 2.73. The number of esters is 2. The number of fused-ring (bicyclic) bond motifs is 2. The van der Waals surface area contributed by atoms with Crippen LogP contribution in [0.3, 0.4) is 0 Å². The molecule has 0 unspecified atom stereocenters. The SMILES string of the molecule is CCOC(=O)COc1c2c(c(-c3ccc(OC)c(OC)c3)c3sccc13)C(=O)OC2. The molecule has 8 heteroatoms. The first-order chi connectivity index (χ1) is 14.6. The minimum absolute atomic E-state index is 0.0817. The number of cyclic esters (lactones) is 1. The van der Waals surface area contributed by atoms with Crippen LogP contribution < -0.4 is 14.2 Å². The molecular formula is C22H20O7S. The van der Waals surface area contributed by atoms with Crippen LogP contribution in [0.2, 0.25) is 0 Å². The van der Waals surface area contributed by atoms with Crippen molar-refractivity contribution in [2.75, 3.05) is 27.4 Å². The molecule has 0 aliphatic carbocycles. The highest BCUT2D eigenvalue weighted by Gasteiger charge is 2.33. The van der Waals surface area contributed by atoms with Gasteiger partial charge < -0.3 is 23.7 Å². The number of ether oxygens (including phenoxy) is 5. The Balaban J connectivity index is 1.90. The van der Waals surface area contributed by atoms with E-state index in [9.17, 15) is 9.59 Å². The van der Waals surface area contributed by atoms with Gasteiger partial charge >= 0.3 is 11.9 Å². The van der Waals surface area contributed by atoms with Crippen LogP contribution in [-0.4, -0.2) is 39.4 Å². The fourth-order valence-electron chi connectivity index (χ4n) is 3.56. The number of thiophene rings is 1. The van der Waals surface area contributed by atoms with Crippen molar-refractivity contribution in [1.82, 2.24) is 0 Å². The summed E-state index contributed by atoms with van der Waals surface area (Å²) in [5.74, 6) is 0.735. The van der Waals surface area contributed by atoms with E-state index in [-0.39, 0.29) is 19.8 Å². The summed E-state index contributed by atoms with van der Waals surface area (Å²) >= 11 is 1.48. The molecular weight excluding hydrogens is 408 g/mol. The molecule has 2 aromatic carbocycles. The third kappa shape index (κ3) is 3.33. The maximum absolute atomic E-state index is 12.7. The quantitative estimate of drug-likeness (QED) is 0.522. The molecule has 30 heavy (non-hydrogen) atoms. The van der Waals surface area contributed by atoms with Crippen LogP contribution in [-0.2, 0) is 20.9 Å². The highest BCUT2D eigenvalue weighted by Crippen LogP contribution is 2.47. The fourth-order valence-corrected chi connectivity index (χ4v) is 4.53. The second-order valence-electron chi connectivity index (χ2n) is 6.46. The van der Waals surface area contributed by atoms with E-state index >= 15 is 0 Å². The highest BCUT2D eigenvalue weighted by molar-refractivity contribution is 7.17. The molecule has 0 spiro atoms. The van der Waals surface area contributed by atoms with E-state index in [4.69, 9.17) is 23.7 Å². The van der Waals surface area contributed by atoms with E-state index in [1.165, 1.54) is 11.3 Å². The Kier molecular flexibility index (Phi) is 5.50. The first-order valence-electron chi connectivity index (χ1n) is 9.33. The molecule has 0 saturated carbocycles. The fraction of sp³-hybridized carbons (Fsp3) is 0.273. The number of benzene rings is 2. The standard InChI is InChI=1S/C22H20O7S/c1-4-27-17(23)11-28-20-13-7-8-30-21(13)18(19-14(20)10-29-22(19)24)12-5-6-15(25-2)16(9-12)26-3/h5-9H,4,10-11H2,1-3H3. The number of methoxy groups -OCH3 is 2. The molecule has 0 saturated heterocycles. The first kappa shape index (κ1) is 20.0. The number of hydrogen-bond donors (Lipinski definition) is 0. The Hall–Kier alpha value is -3.26. The van der Waals surface area contributed by atoms with Crippen molar-refractivity contribution in [1.29, 1.82) is 0 Å². The number of hydrogen-bond acceptors (Lipinski definition) is 8. The molecule has 156 valence electrons. The largest absolute Gasteiger partial charge is 0.493 e. The van der Waals surface area contributed by atoms with Gasteiger partial charge in [0.1, 0.15) is 12.4 Å². The van der Waals surface area contributed by atoms with Gasteiger partial charge in [0.25, 0.3) is 0 Å². The van der Waals surface area contributed by atoms with Gasteiger partial charge in [-0.2, -0.15) is 0 Å². The monoisotopic (exact) mass is 428 g/mol. The highest BCUT2D eigenvalue weighted by atomic mass is 32.1. The van der Waals surface area contributed by atoms with E-state index < -0.39 is 11.9 Å². The number of carbonyl (C=O) groups excluding carboxylic acids is 2. The molecule has 0 fully saturated rings. The zero-order valence-corrected chi connectivity index (χ0v) is 17.6. The Labute approximate surface area is 177 Å². The Morgan fingerprint density at radius 3 is 2.67 bits per heavy atom. The van der Waals surface area contributed by atoms with E-state index in [1.54, 1.807) is 27.2 Å². The van der Waals surface area contributed by atoms with Crippen LogP contribution in [0.5, 0.6) is 17.2 Å². The molecule has 4 rings (SSSR count). The van der Waals surface area contributed by atoms with Crippen LogP contribution in [0.1, 0.15) is 22.8 Å². The van der Waals surface area contributed by atoms with E-state index in [1.807, 2.05) is 23.6 Å². The molecule has 3 aromatic rings. The maximum Gasteiger partial charge on any atom is 0.344 e. The molecule has 7 nitrogen and oxygen atoms in total. The Morgan fingerprint density at radius 2 is 1.93 bits per heavy atom. The minimum atomic E-state index is -0.469. The van der Waals surface area contributed by atoms with Crippen molar-refractivity contribution in [2.45, 2.75) is 13.5 Å². The normalized spacial score (nSPS) is 12.4. The van der Waals surface area contributed by atoms with Crippen LogP contribution in [0, 0.1) is 0 Å². The van der Waals surface area contributed by atoms with Crippen LogP contribution in [0.15, 0.2) is 29.6 Å². The zero-order chi connectivity index (χ0) is 21.3. The molecule has 0 N–H and O–H groups in total. The number of carbonyl (C=O) groups is 2. The van der Waals surface area contributed by atoms with Gasteiger partial charge in [0, 0.05) is 21.2 Å². The molecule has 0 amide bonds. The third-order valence-electron chi connectivity index (χ3n) is 4.83. The molecule has 1 aromatic heterocycles. The second kappa shape index (κ2) is 8.23. The summed E-state index contributed by atoms with van der Waals surface area (Å²) in [6.45, 7) is 1.85. The molecule has 2 heterocycles. The predicted octanol–water partition coefficient (Wildman–Crippen LogP) is 4.20. The van der Waals surface area contributed by atoms with Crippen molar-refractivity contribution in [3.8, 4) is 28.4 Å². The van der Waals surface area contributed by atoms with Crippen LogP contribution in [0.4, 0.5) is 0 Å². The summed E-state index contributed by atoms with van der Waals surface area (Å²) in [6, 6.07) is 7.42. The zero-order valence-electron chi connectivity index (χ0n) is 16.8. The molecule has 1 aliphatic heterocycles. The van der Waals surface area contributed by atoms with Gasteiger partial charge in [-0.3, -0.25) is 0 Å². The Morgan fingerprint density at radius 1 is 1.13 bits per heavy atom. The van der Waals surface area contributed by atoms with E-state index in [2.05, 4.69) is 0 Å². The van der Waals surface area contributed by atoms with Gasteiger partial charge in [-0.25, -0.2) is 9.59 Å². The first-order valence-corrected chi connectivity index (χ1v) is 10.2. The van der Waals surface area contributed by atoms with Gasteiger partial charge in [-0.15, -0.1) is 11.3 Å². The topological polar surface area (TPSA) is 80.3 Å². The van der Waals surface area contributed by atoms with Crippen molar-refractivity contribution >= 4 is 33.4 Å². The molecule has 0 atom stereocenters. The number of rotatable bonds is 7. The lowest BCUT2D eigenvalue weighted by Crippen LogP contribution is -2.15.